The number of carbonyl (C=O) groups excluding carboxylic acids is 2. The third kappa shape index (κ3) is 2.28. The molecule has 0 unspecified atom stereocenters. The highest BCUT2D eigenvalue weighted by Crippen LogP contribution is 2.46. The lowest BCUT2D eigenvalue weighted by Gasteiger charge is -2.45. The van der Waals surface area contributed by atoms with Gasteiger partial charge >= 0.3 is 0 Å². The largest absolute Gasteiger partial charge is 0.314 e. The molecule has 2 aromatic carbocycles. The van der Waals surface area contributed by atoms with Crippen molar-refractivity contribution in [3.63, 3.8) is 0 Å². The summed E-state index contributed by atoms with van der Waals surface area (Å²) in [6, 6.07) is 10.8. The van der Waals surface area contributed by atoms with Gasteiger partial charge in [0.05, 0.1) is 0 Å². The number of halogens is 2. The van der Waals surface area contributed by atoms with E-state index in [-0.39, 0.29) is 11.8 Å². The average Bonchev–Trinajstić information content (AvgIpc) is 2.57. The van der Waals surface area contributed by atoms with Crippen LogP contribution in [0.25, 0.3) is 0 Å². The van der Waals surface area contributed by atoms with E-state index in [4.69, 9.17) is 23.2 Å². The van der Waals surface area contributed by atoms with Gasteiger partial charge in [-0.2, -0.15) is 0 Å². The van der Waals surface area contributed by atoms with Crippen molar-refractivity contribution >= 4 is 46.4 Å². The van der Waals surface area contributed by atoms with Crippen LogP contribution in [0.3, 0.4) is 0 Å². The van der Waals surface area contributed by atoms with Crippen LogP contribution >= 0.6 is 23.2 Å². The van der Waals surface area contributed by atoms with E-state index in [1.54, 1.807) is 36.0 Å². The fraction of sp³-hybridized carbons (Fsp3) is 0.263. The highest BCUT2D eigenvalue weighted by atomic mass is 35.5. The first kappa shape index (κ1) is 16.4. The lowest BCUT2D eigenvalue weighted by Crippen LogP contribution is -2.59. The molecule has 2 amide bonds. The standard InChI is InChI=1S/C19H16Cl2N2O2/c1-22-15-5-3-13(20)7-11(15)9-19(17(22)24)10-12-8-14(21)4-6-16(12)23(2)18(19)25/h3-8H,9-10H2,1-2H3. The SMILES string of the molecule is CN1C(=O)C2(Cc3cc(Cl)ccc31)Cc1cc(Cl)ccc1N(C)C2=O. The second-order valence-corrected chi connectivity index (χ2v) is 7.58. The molecule has 2 aliphatic heterocycles. The number of nitrogens with zero attached hydrogens (tertiary/aromatic N) is 2. The van der Waals surface area contributed by atoms with Crippen molar-refractivity contribution < 1.29 is 9.59 Å². The van der Waals surface area contributed by atoms with Crippen molar-refractivity contribution in [1.29, 1.82) is 0 Å². The van der Waals surface area contributed by atoms with Crippen molar-refractivity contribution in [2.45, 2.75) is 12.8 Å². The molecule has 0 aromatic heterocycles. The second-order valence-electron chi connectivity index (χ2n) is 6.71. The molecule has 1 spiro atoms. The zero-order valence-corrected chi connectivity index (χ0v) is 15.4. The quantitative estimate of drug-likeness (QED) is 0.659. The monoisotopic (exact) mass is 374 g/mol. The predicted octanol–water partition coefficient (Wildman–Crippen LogP) is 3.72. The summed E-state index contributed by atoms with van der Waals surface area (Å²) < 4.78 is 0. The van der Waals surface area contributed by atoms with Crippen LogP contribution in [-0.2, 0) is 22.4 Å². The van der Waals surface area contributed by atoms with Gasteiger partial charge < -0.3 is 9.80 Å². The first-order valence-electron chi connectivity index (χ1n) is 7.97. The average molecular weight is 375 g/mol. The Balaban J connectivity index is 1.89. The molecule has 0 radical (unpaired) electrons. The Morgan fingerprint density at radius 3 is 1.60 bits per heavy atom. The van der Waals surface area contributed by atoms with Crippen LogP contribution in [0.1, 0.15) is 11.1 Å². The van der Waals surface area contributed by atoms with Gasteiger partial charge in [-0.25, -0.2) is 0 Å². The highest BCUT2D eigenvalue weighted by Gasteiger charge is 2.54. The number of rotatable bonds is 0. The first-order valence-corrected chi connectivity index (χ1v) is 8.72. The molecule has 0 bridgehead atoms. The topological polar surface area (TPSA) is 40.6 Å². The van der Waals surface area contributed by atoms with Crippen LogP contribution in [0.2, 0.25) is 10.0 Å². The molecule has 4 rings (SSSR count). The first-order chi connectivity index (χ1) is 11.8. The van der Waals surface area contributed by atoms with Gasteiger partial charge in [0.1, 0.15) is 5.41 Å². The Hall–Kier alpha value is -2.04. The van der Waals surface area contributed by atoms with E-state index in [0.29, 0.717) is 22.9 Å². The number of fused-ring (bicyclic) bond motifs is 2. The Bertz CT molecular complexity index is 850. The maximum atomic E-state index is 13.2. The fourth-order valence-electron chi connectivity index (χ4n) is 4.01. The molecule has 0 aliphatic carbocycles. The maximum absolute atomic E-state index is 13.2. The third-order valence-electron chi connectivity index (χ3n) is 5.22. The molecule has 0 atom stereocenters. The molecule has 0 saturated heterocycles. The zero-order valence-electron chi connectivity index (χ0n) is 13.8. The molecular weight excluding hydrogens is 359 g/mol. The van der Waals surface area contributed by atoms with E-state index in [1.165, 1.54) is 0 Å². The van der Waals surface area contributed by atoms with Crippen LogP contribution in [0.5, 0.6) is 0 Å². The molecule has 0 saturated carbocycles. The number of carbonyl (C=O) groups is 2. The fourth-order valence-corrected chi connectivity index (χ4v) is 4.40. The van der Waals surface area contributed by atoms with Crippen molar-refractivity contribution in [3.8, 4) is 0 Å². The van der Waals surface area contributed by atoms with Gasteiger partial charge in [0, 0.05) is 35.5 Å². The van der Waals surface area contributed by atoms with Crippen LogP contribution in [0, 0.1) is 5.41 Å². The minimum Gasteiger partial charge on any atom is -0.314 e. The Kier molecular flexibility index (Phi) is 3.60. The van der Waals surface area contributed by atoms with Crippen LogP contribution in [0.4, 0.5) is 11.4 Å². The zero-order chi connectivity index (χ0) is 17.9. The molecule has 6 heteroatoms. The van der Waals surface area contributed by atoms with Crippen molar-refractivity contribution in [1.82, 2.24) is 0 Å². The summed E-state index contributed by atoms with van der Waals surface area (Å²) in [5, 5.41) is 1.19. The minimum absolute atomic E-state index is 0.190. The van der Waals surface area contributed by atoms with Gasteiger partial charge in [-0.15, -0.1) is 0 Å². The van der Waals surface area contributed by atoms with Gasteiger partial charge in [0.25, 0.3) is 0 Å². The van der Waals surface area contributed by atoms with E-state index >= 15 is 0 Å². The lowest BCUT2D eigenvalue weighted by molar-refractivity contribution is -0.141. The van der Waals surface area contributed by atoms with E-state index in [2.05, 4.69) is 0 Å². The summed E-state index contributed by atoms with van der Waals surface area (Å²) in [5.74, 6) is -0.380. The lowest BCUT2D eigenvalue weighted by atomic mass is 9.69. The number of hydrogen-bond acceptors (Lipinski definition) is 2. The van der Waals surface area contributed by atoms with E-state index in [9.17, 15) is 9.59 Å². The molecule has 2 heterocycles. The van der Waals surface area contributed by atoms with Gasteiger partial charge in [-0.1, -0.05) is 23.2 Å². The van der Waals surface area contributed by atoms with Gasteiger partial charge in [0.15, 0.2) is 0 Å². The van der Waals surface area contributed by atoms with Crippen molar-refractivity contribution in [2.24, 2.45) is 5.41 Å². The number of hydrogen-bond donors (Lipinski definition) is 0. The van der Waals surface area contributed by atoms with E-state index in [1.807, 2.05) is 24.3 Å². The molecule has 128 valence electrons. The summed E-state index contributed by atoms with van der Waals surface area (Å²) in [6.45, 7) is 0. The van der Waals surface area contributed by atoms with Gasteiger partial charge in [-0.3, -0.25) is 9.59 Å². The molecule has 2 aromatic rings. The summed E-state index contributed by atoms with van der Waals surface area (Å²) in [7, 11) is 3.41. The number of benzene rings is 2. The van der Waals surface area contributed by atoms with Crippen molar-refractivity contribution in [3.05, 3.63) is 57.6 Å². The van der Waals surface area contributed by atoms with Gasteiger partial charge in [0.2, 0.25) is 11.8 Å². The predicted molar refractivity (Wildman–Crippen MR) is 99.6 cm³/mol. The van der Waals surface area contributed by atoms with E-state index in [0.717, 1.165) is 22.5 Å². The molecule has 0 N–H and O–H groups in total. The number of amides is 2. The Labute approximate surface area is 155 Å². The Morgan fingerprint density at radius 2 is 1.20 bits per heavy atom. The highest BCUT2D eigenvalue weighted by molar-refractivity contribution is 6.31. The second kappa shape index (κ2) is 5.48. The normalized spacial score (nSPS) is 18.4. The number of anilines is 2. The summed E-state index contributed by atoms with van der Waals surface area (Å²) in [6.07, 6.45) is 0.669. The third-order valence-corrected chi connectivity index (χ3v) is 5.69. The van der Waals surface area contributed by atoms with Crippen LogP contribution in [-0.4, -0.2) is 25.9 Å². The molecule has 2 aliphatic rings. The molecular formula is C19H16Cl2N2O2. The minimum atomic E-state index is -1.15. The van der Waals surface area contributed by atoms with Crippen molar-refractivity contribution in [2.75, 3.05) is 23.9 Å². The van der Waals surface area contributed by atoms with E-state index < -0.39 is 5.41 Å². The molecule has 4 nitrogen and oxygen atoms in total. The summed E-state index contributed by atoms with van der Waals surface area (Å²) in [5.41, 5.74) is 2.25. The Morgan fingerprint density at radius 1 is 0.800 bits per heavy atom. The van der Waals surface area contributed by atoms with Crippen LogP contribution < -0.4 is 9.80 Å². The molecule has 0 fully saturated rings. The smallest absolute Gasteiger partial charge is 0.243 e. The maximum Gasteiger partial charge on any atom is 0.243 e. The summed E-state index contributed by atoms with van der Waals surface area (Å²) in [4.78, 5) is 29.6. The van der Waals surface area contributed by atoms with Crippen LogP contribution in [0.15, 0.2) is 36.4 Å². The molecule has 25 heavy (non-hydrogen) atoms. The summed E-state index contributed by atoms with van der Waals surface area (Å²) >= 11 is 12.3. The van der Waals surface area contributed by atoms with Gasteiger partial charge in [-0.05, 0) is 60.4 Å².